The SMILES string of the molecule is Cc1ccc(S(=O)(=O)CCC(=O)NCc2nnc(-c3ccccc3)o2)cc1. The zero-order valence-corrected chi connectivity index (χ0v) is 15.6. The van der Waals surface area contributed by atoms with Crippen LogP contribution in [0.5, 0.6) is 0 Å². The van der Waals surface area contributed by atoms with Crippen LogP contribution in [0.25, 0.3) is 11.5 Å². The smallest absolute Gasteiger partial charge is 0.247 e. The molecule has 0 atom stereocenters. The molecule has 0 radical (unpaired) electrons. The fourth-order valence-electron chi connectivity index (χ4n) is 2.38. The number of hydrogen-bond acceptors (Lipinski definition) is 6. The van der Waals surface area contributed by atoms with Gasteiger partial charge in [0.1, 0.15) is 0 Å². The molecule has 27 heavy (non-hydrogen) atoms. The van der Waals surface area contributed by atoms with Gasteiger partial charge < -0.3 is 9.73 Å². The molecule has 2 aromatic carbocycles. The van der Waals surface area contributed by atoms with E-state index in [1.54, 1.807) is 24.3 Å². The molecule has 3 aromatic rings. The first-order valence-corrected chi connectivity index (χ1v) is 10.0. The third-order valence-corrected chi connectivity index (χ3v) is 5.63. The van der Waals surface area contributed by atoms with Gasteiger partial charge in [0.2, 0.25) is 17.7 Å². The lowest BCUT2D eigenvalue weighted by molar-refractivity contribution is -0.120. The summed E-state index contributed by atoms with van der Waals surface area (Å²) in [5.41, 5.74) is 1.76. The lowest BCUT2D eigenvalue weighted by atomic mass is 10.2. The van der Waals surface area contributed by atoms with E-state index < -0.39 is 15.7 Å². The molecule has 1 heterocycles. The number of carbonyl (C=O) groups is 1. The second kappa shape index (κ2) is 8.13. The Labute approximate surface area is 157 Å². The zero-order chi connectivity index (χ0) is 19.3. The van der Waals surface area contributed by atoms with Crippen molar-refractivity contribution in [2.24, 2.45) is 0 Å². The van der Waals surface area contributed by atoms with E-state index in [9.17, 15) is 13.2 Å². The average Bonchev–Trinajstić information content (AvgIpc) is 3.15. The number of hydrogen-bond donors (Lipinski definition) is 1. The van der Waals surface area contributed by atoms with Crippen molar-refractivity contribution in [2.45, 2.75) is 24.8 Å². The summed E-state index contributed by atoms with van der Waals surface area (Å²) in [4.78, 5) is 12.2. The summed E-state index contributed by atoms with van der Waals surface area (Å²) in [6.45, 7) is 1.92. The number of nitrogens with one attached hydrogen (secondary N) is 1. The number of aromatic nitrogens is 2. The van der Waals surface area contributed by atoms with E-state index in [4.69, 9.17) is 4.42 Å². The lowest BCUT2D eigenvalue weighted by Gasteiger charge is -2.05. The summed E-state index contributed by atoms with van der Waals surface area (Å²) in [7, 11) is -3.50. The molecule has 7 nitrogen and oxygen atoms in total. The molecular formula is C19H19N3O4S. The number of sulfone groups is 1. The second-order valence-corrected chi connectivity index (χ2v) is 8.13. The van der Waals surface area contributed by atoms with Gasteiger partial charge in [0.15, 0.2) is 9.84 Å². The number of amides is 1. The summed E-state index contributed by atoms with van der Waals surface area (Å²) in [5, 5.41) is 10.4. The van der Waals surface area contributed by atoms with Crippen LogP contribution in [0.3, 0.4) is 0 Å². The van der Waals surface area contributed by atoms with Crippen LogP contribution in [0.15, 0.2) is 63.9 Å². The molecule has 0 spiro atoms. The monoisotopic (exact) mass is 385 g/mol. The van der Waals surface area contributed by atoms with E-state index in [0.717, 1.165) is 11.1 Å². The van der Waals surface area contributed by atoms with Crippen LogP contribution >= 0.6 is 0 Å². The van der Waals surface area contributed by atoms with Crippen LogP contribution in [0.2, 0.25) is 0 Å². The summed E-state index contributed by atoms with van der Waals surface area (Å²) in [6, 6.07) is 15.8. The Hall–Kier alpha value is -3.00. The van der Waals surface area contributed by atoms with E-state index in [1.807, 2.05) is 37.3 Å². The highest BCUT2D eigenvalue weighted by Crippen LogP contribution is 2.17. The molecule has 0 unspecified atom stereocenters. The normalized spacial score (nSPS) is 11.3. The van der Waals surface area contributed by atoms with Gasteiger partial charge in [0.25, 0.3) is 0 Å². The number of benzene rings is 2. The largest absolute Gasteiger partial charge is 0.419 e. The number of nitrogens with zero attached hydrogens (tertiary/aromatic N) is 2. The Bertz CT molecular complexity index is 1010. The summed E-state index contributed by atoms with van der Waals surface area (Å²) in [6.07, 6.45) is -0.143. The van der Waals surface area contributed by atoms with Crippen molar-refractivity contribution >= 4 is 15.7 Å². The topological polar surface area (TPSA) is 102 Å². The van der Waals surface area contributed by atoms with Crippen molar-refractivity contribution in [3.63, 3.8) is 0 Å². The Morgan fingerprint density at radius 1 is 1.04 bits per heavy atom. The maximum Gasteiger partial charge on any atom is 0.247 e. The van der Waals surface area contributed by atoms with Crippen molar-refractivity contribution < 1.29 is 17.6 Å². The minimum atomic E-state index is -3.50. The number of rotatable bonds is 7. The molecule has 3 rings (SSSR count). The highest BCUT2D eigenvalue weighted by molar-refractivity contribution is 7.91. The third kappa shape index (κ3) is 5.01. The number of aryl methyl sites for hydroxylation is 1. The Morgan fingerprint density at radius 2 is 1.74 bits per heavy atom. The van der Waals surface area contributed by atoms with Crippen molar-refractivity contribution in [3.8, 4) is 11.5 Å². The van der Waals surface area contributed by atoms with E-state index in [-0.39, 0.29) is 29.5 Å². The van der Waals surface area contributed by atoms with Gasteiger partial charge in [-0.3, -0.25) is 4.79 Å². The fraction of sp³-hybridized carbons (Fsp3) is 0.211. The average molecular weight is 385 g/mol. The van der Waals surface area contributed by atoms with Crippen molar-refractivity contribution in [1.82, 2.24) is 15.5 Å². The van der Waals surface area contributed by atoms with Crippen molar-refractivity contribution in [2.75, 3.05) is 5.75 Å². The minimum Gasteiger partial charge on any atom is -0.419 e. The Morgan fingerprint density at radius 3 is 2.44 bits per heavy atom. The third-order valence-electron chi connectivity index (χ3n) is 3.90. The van der Waals surface area contributed by atoms with Gasteiger partial charge in [-0.2, -0.15) is 0 Å². The summed E-state index contributed by atoms with van der Waals surface area (Å²) in [5.74, 6) is -0.0448. The van der Waals surface area contributed by atoms with Crippen LogP contribution in [0, 0.1) is 6.92 Å². The molecule has 0 aliphatic heterocycles. The molecule has 140 valence electrons. The van der Waals surface area contributed by atoms with Crippen LogP contribution in [0.4, 0.5) is 0 Å². The highest BCUT2D eigenvalue weighted by atomic mass is 32.2. The van der Waals surface area contributed by atoms with E-state index in [1.165, 1.54) is 0 Å². The van der Waals surface area contributed by atoms with Crippen LogP contribution in [-0.2, 0) is 21.2 Å². The van der Waals surface area contributed by atoms with Crippen LogP contribution in [-0.4, -0.2) is 30.3 Å². The molecule has 1 aromatic heterocycles. The van der Waals surface area contributed by atoms with Gasteiger partial charge in [-0.15, -0.1) is 10.2 Å². The van der Waals surface area contributed by atoms with Gasteiger partial charge in [-0.25, -0.2) is 8.42 Å². The molecule has 1 N–H and O–H groups in total. The molecule has 0 saturated heterocycles. The predicted octanol–water partition coefficient (Wildman–Crippen LogP) is 2.53. The maximum atomic E-state index is 12.3. The van der Waals surface area contributed by atoms with Gasteiger partial charge in [-0.05, 0) is 31.2 Å². The van der Waals surface area contributed by atoms with Crippen molar-refractivity contribution in [1.29, 1.82) is 0 Å². The summed E-state index contributed by atoms with van der Waals surface area (Å²) < 4.78 is 30.0. The van der Waals surface area contributed by atoms with Gasteiger partial charge in [-0.1, -0.05) is 35.9 Å². The Kier molecular flexibility index (Phi) is 5.66. The quantitative estimate of drug-likeness (QED) is 0.670. The van der Waals surface area contributed by atoms with Gasteiger partial charge in [0.05, 0.1) is 17.2 Å². The molecular weight excluding hydrogens is 366 g/mol. The molecule has 0 fully saturated rings. The van der Waals surface area contributed by atoms with Crippen molar-refractivity contribution in [3.05, 3.63) is 66.1 Å². The fourth-order valence-corrected chi connectivity index (χ4v) is 3.62. The summed E-state index contributed by atoms with van der Waals surface area (Å²) >= 11 is 0. The van der Waals surface area contributed by atoms with Crippen LogP contribution < -0.4 is 5.32 Å². The van der Waals surface area contributed by atoms with Crippen LogP contribution in [0.1, 0.15) is 17.9 Å². The molecule has 0 saturated carbocycles. The van der Waals surface area contributed by atoms with E-state index in [0.29, 0.717) is 5.89 Å². The zero-order valence-electron chi connectivity index (χ0n) is 14.8. The number of carbonyl (C=O) groups excluding carboxylic acids is 1. The minimum absolute atomic E-state index is 0.0449. The molecule has 0 aliphatic rings. The standard InChI is InChI=1S/C19H19N3O4S/c1-14-7-9-16(10-8-14)27(24,25)12-11-17(23)20-13-18-21-22-19(26-18)15-5-3-2-4-6-15/h2-10H,11-13H2,1H3,(H,20,23). The molecule has 0 bridgehead atoms. The first-order chi connectivity index (χ1) is 12.9. The first-order valence-electron chi connectivity index (χ1n) is 8.38. The second-order valence-electron chi connectivity index (χ2n) is 6.03. The van der Waals surface area contributed by atoms with Gasteiger partial charge in [0, 0.05) is 12.0 Å². The molecule has 0 aliphatic carbocycles. The van der Waals surface area contributed by atoms with E-state index >= 15 is 0 Å². The Balaban J connectivity index is 1.51. The predicted molar refractivity (Wildman–Crippen MR) is 99.4 cm³/mol. The molecule has 8 heteroatoms. The maximum absolute atomic E-state index is 12.3. The first kappa shape index (κ1) is 18.8. The lowest BCUT2D eigenvalue weighted by Crippen LogP contribution is -2.25. The van der Waals surface area contributed by atoms with Gasteiger partial charge >= 0.3 is 0 Å². The van der Waals surface area contributed by atoms with E-state index in [2.05, 4.69) is 15.5 Å². The highest BCUT2D eigenvalue weighted by Gasteiger charge is 2.17. The molecule has 1 amide bonds.